The number of benzene rings is 2. The van der Waals surface area contributed by atoms with E-state index in [1.807, 2.05) is 54.6 Å². The summed E-state index contributed by atoms with van der Waals surface area (Å²) in [4.78, 5) is 13.2. The molecule has 0 saturated heterocycles. The van der Waals surface area contributed by atoms with Crippen LogP contribution in [0.15, 0.2) is 59.0 Å². The number of carbonyl (C=O) groups is 1. The second-order valence-corrected chi connectivity index (χ2v) is 6.28. The number of anilines is 1. The quantitative estimate of drug-likeness (QED) is 0.688. The predicted molar refractivity (Wildman–Crippen MR) is 98.8 cm³/mol. The van der Waals surface area contributed by atoms with Crippen molar-refractivity contribution >= 4 is 22.7 Å². The second kappa shape index (κ2) is 7.40. The van der Waals surface area contributed by atoms with Gasteiger partial charge in [-0.2, -0.15) is 0 Å². The summed E-state index contributed by atoms with van der Waals surface area (Å²) in [6.07, 6.45) is -1.00. The summed E-state index contributed by atoms with van der Waals surface area (Å²) in [5.74, 6) is 0.621. The molecule has 0 aliphatic heterocycles. The van der Waals surface area contributed by atoms with E-state index >= 15 is 0 Å². The van der Waals surface area contributed by atoms with Crippen molar-refractivity contribution in [2.45, 2.75) is 33.0 Å². The Hall–Kier alpha value is -2.79. The minimum absolute atomic E-state index is 0.169. The summed E-state index contributed by atoms with van der Waals surface area (Å²) in [7, 11) is 0. The van der Waals surface area contributed by atoms with Gasteiger partial charge in [0, 0.05) is 18.0 Å². The highest BCUT2D eigenvalue weighted by Gasteiger charge is 2.20. The number of nitrogens with zero attached hydrogens (tertiary/aromatic N) is 1. The largest absolute Gasteiger partial charge is 0.465 e. The standard InChI is InChI=1S/C20H22N2O3/c1-14(2)21-12-16-8-3-5-9-18(16)22(20(23)24)13-17-11-15-7-4-6-10-19(15)25-17/h3-11,14,21H,12-13H2,1-2H3,(H,23,24). The van der Waals surface area contributed by atoms with Gasteiger partial charge in [0.1, 0.15) is 11.3 Å². The number of hydrogen-bond donors (Lipinski definition) is 2. The van der Waals surface area contributed by atoms with Crippen molar-refractivity contribution in [3.8, 4) is 0 Å². The first-order valence-electron chi connectivity index (χ1n) is 8.34. The Bertz CT molecular complexity index is 837. The van der Waals surface area contributed by atoms with Crippen LogP contribution in [0, 0.1) is 0 Å². The van der Waals surface area contributed by atoms with Gasteiger partial charge in [0.2, 0.25) is 0 Å². The van der Waals surface area contributed by atoms with Crippen molar-refractivity contribution in [3.63, 3.8) is 0 Å². The summed E-state index contributed by atoms with van der Waals surface area (Å²) < 4.78 is 5.79. The number of para-hydroxylation sites is 2. The van der Waals surface area contributed by atoms with Crippen LogP contribution in [0.4, 0.5) is 10.5 Å². The van der Waals surface area contributed by atoms with Gasteiger partial charge in [-0.05, 0) is 23.8 Å². The van der Waals surface area contributed by atoms with Crippen LogP contribution >= 0.6 is 0 Å². The topological polar surface area (TPSA) is 65.7 Å². The van der Waals surface area contributed by atoms with Crippen LogP contribution in [0.2, 0.25) is 0 Å². The fourth-order valence-corrected chi connectivity index (χ4v) is 2.76. The molecule has 0 saturated carbocycles. The number of nitrogens with one attached hydrogen (secondary N) is 1. The van der Waals surface area contributed by atoms with E-state index in [2.05, 4.69) is 19.2 Å². The molecule has 0 atom stereocenters. The summed E-state index contributed by atoms with van der Waals surface area (Å²) in [6.45, 7) is 4.90. The van der Waals surface area contributed by atoms with E-state index in [0.717, 1.165) is 16.5 Å². The van der Waals surface area contributed by atoms with E-state index in [1.165, 1.54) is 4.90 Å². The maximum atomic E-state index is 11.9. The minimum atomic E-state index is -1.00. The molecule has 3 rings (SSSR count). The predicted octanol–water partition coefficient (Wildman–Crippen LogP) is 4.62. The zero-order valence-corrected chi connectivity index (χ0v) is 14.4. The average molecular weight is 338 g/mol. The second-order valence-electron chi connectivity index (χ2n) is 6.28. The Labute approximate surface area is 146 Å². The van der Waals surface area contributed by atoms with Crippen molar-refractivity contribution in [1.82, 2.24) is 5.32 Å². The van der Waals surface area contributed by atoms with E-state index < -0.39 is 6.09 Å². The van der Waals surface area contributed by atoms with Gasteiger partial charge in [0.05, 0.1) is 12.2 Å². The van der Waals surface area contributed by atoms with Gasteiger partial charge in [0.15, 0.2) is 0 Å². The van der Waals surface area contributed by atoms with Gasteiger partial charge in [-0.1, -0.05) is 50.2 Å². The molecular weight excluding hydrogens is 316 g/mol. The van der Waals surface area contributed by atoms with Crippen molar-refractivity contribution in [3.05, 3.63) is 65.9 Å². The molecule has 1 heterocycles. The number of rotatable bonds is 6. The van der Waals surface area contributed by atoms with Crippen molar-refractivity contribution in [2.75, 3.05) is 4.90 Å². The lowest BCUT2D eigenvalue weighted by Gasteiger charge is -2.22. The van der Waals surface area contributed by atoms with E-state index in [4.69, 9.17) is 4.42 Å². The smallest absolute Gasteiger partial charge is 0.412 e. The highest BCUT2D eigenvalue weighted by atomic mass is 16.4. The first kappa shape index (κ1) is 17.0. The Morgan fingerprint density at radius 1 is 1.16 bits per heavy atom. The molecule has 1 amide bonds. The normalized spacial score (nSPS) is 11.2. The fraction of sp³-hybridized carbons (Fsp3) is 0.250. The van der Waals surface area contributed by atoms with Gasteiger partial charge in [-0.25, -0.2) is 4.79 Å². The van der Waals surface area contributed by atoms with Crippen molar-refractivity contribution < 1.29 is 14.3 Å². The SMILES string of the molecule is CC(C)NCc1ccccc1N(Cc1cc2ccccc2o1)C(=O)O. The van der Waals surface area contributed by atoms with Crippen molar-refractivity contribution in [1.29, 1.82) is 0 Å². The highest BCUT2D eigenvalue weighted by Crippen LogP contribution is 2.25. The fourth-order valence-electron chi connectivity index (χ4n) is 2.76. The maximum Gasteiger partial charge on any atom is 0.412 e. The lowest BCUT2D eigenvalue weighted by Crippen LogP contribution is -2.30. The molecule has 0 unspecified atom stereocenters. The summed E-state index contributed by atoms with van der Waals surface area (Å²) >= 11 is 0. The van der Waals surface area contributed by atoms with Gasteiger partial charge in [0.25, 0.3) is 0 Å². The van der Waals surface area contributed by atoms with E-state index in [-0.39, 0.29) is 6.54 Å². The molecule has 0 bridgehead atoms. The first-order chi connectivity index (χ1) is 12.0. The molecule has 0 fully saturated rings. The van der Waals surface area contributed by atoms with Crippen LogP contribution in [-0.4, -0.2) is 17.2 Å². The molecule has 5 nitrogen and oxygen atoms in total. The Kier molecular flexibility index (Phi) is 5.05. The number of amides is 1. The molecule has 0 spiro atoms. The Morgan fingerprint density at radius 2 is 1.88 bits per heavy atom. The molecular formula is C20H22N2O3. The van der Waals surface area contributed by atoms with Crippen LogP contribution in [0.5, 0.6) is 0 Å². The maximum absolute atomic E-state index is 11.9. The summed E-state index contributed by atoms with van der Waals surface area (Å²) in [5.41, 5.74) is 2.37. The third-order valence-electron chi connectivity index (χ3n) is 4.00. The van der Waals surface area contributed by atoms with Crippen LogP contribution < -0.4 is 10.2 Å². The lowest BCUT2D eigenvalue weighted by atomic mass is 10.1. The molecule has 130 valence electrons. The van der Waals surface area contributed by atoms with E-state index in [1.54, 1.807) is 0 Å². The molecule has 2 aromatic carbocycles. The van der Waals surface area contributed by atoms with Crippen LogP contribution in [0.3, 0.4) is 0 Å². The molecule has 0 radical (unpaired) electrons. The third-order valence-corrected chi connectivity index (χ3v) is 4.00. The minimum Gasteiger partial charge on any atom is -0.465 e. The number of hydrogen-bond acceptors (Lipinski definition) is 3. The molecule has 0 aliphatic rings. The van der Waals surface area contributed by atoms with Gasteiger partial charge < -0.3 is 14.8 Å². The first-order valence-corrected chi connectivity index (χ1v) is 8.34. The summed E-state index contributed by atoms with van der Waals surface area (Å²) in [6, 6.07) is 17.4. The number of carboxylic acid groups (broad SMARTS) is 1. The zero-order chi connectivity index (χ0) is 17.8. The molecule has 2 N–H and O–H groups in total. The Balaban J connectivity index is 1.90. The lowest BCUT2D eigenvalue weighted by molar-refractivity contribution is 0.200. The van der Waals surface area contributed by atoms with Crippen LogP contribution in [0.1, 0.15) is 25.2 Å². The monoisotopic (exact) mass is 338 g/mol. The van der Waals surface area contributed by atoms with Crippen LogP contribution in [-0.2, 0) is 13.1 Å². The third kappa shape index (κ3) is 4.00. The summed E-state index contributed by atoms with van der Waals surface area (Å²) in [5, 5.41) is 14.0. The average Bonchev–Trinajstić information content (AvgIpc) is 3.00. The molecule has 25 heavy (non-hydrogen) atoms. The molecule has 1 aromatic heterocycles. The van der Waals surface area contributed by atoms with Gasteiger partial charge >= 0.3 is 6.09 Å². The zero-order valence-electron chi connectivity index (χ0n) is 14.4. The number of furan rings is 1. The highest BCUT2D eigenvalue weighted by molar-refractivity contribution is 5.87. The molecule has 0 aliphatic carbocycles. The molecule has 3 aromatic rings. The van der Waals surface area contributed by atoms with E-state index in [9.17, 15) is 9.90 Å². The Morgan fingerprint density at radius 3 is 2.60 bits per heavy atom. The van der Waals surface area contributed by atoms with Crippen molar-refractivity contribution in [2.24, 2.45) is 0 Å². The van der Waals surface area contributed by atoms with E-state index in [0.29, 0.717) is 24.0 Å². The van der Waals surface area contributed by atoms with Gasteiger partial charge in [-0.3, -0.25) is 4.90 Å². The molecule has 5 heteroatoms. The van der Waals surface area contributed by atoms with Gasteiger partial charge in [-0.15, -0.1) is 0 Å². The number of fused-ring (bicyclic) bond motifs is 1. The van der Waals surface area contributed by atoms with Crippen LogP contribution in [0.25, 0.3) is 11.0 Å².